The van der Waals surface area contributed by atoms with Gasteiger partial charge in [-0.1, -0.05) is 30.0 Å². The van der Waals surface area contributed by atoms with Gasteiger partial charge in [-0.05, 0) is 55.7 Å². The largest absolute Gasteiger partial charge is 0.339 e. The second-order valence-corrected chi connectivity index (χ2v) is 5.55. The van der Waals surface area contributed by atoms with Crippen molar-refractivity contribution < 1.29 is 4.79 Å². The van der Waals surface area contributed by atoms with Crippen molar-refractivity contribution in [3.05, 3.63) is 71.3 Å². The van der Waals surface area contributed by atoms with Crippen molar-refractivity contribution in [1.29, 1.82) is 0 Å². The van der Waals surface area contributed by atoms with Crippen LogP contribution in [-0.4, -0.2) is 23.9 Å². The highest BCUT2D eigenvalue weighted by Crippen LogP contribution is 2.13. The molecule has 110 valence electrons. The summed E-state index contributed by atoms with van der Waals surface area (Å²) in [6.45, 7) is 1.77. The first kappa shape index (κ1) is 14.4. The lowest BCUT2D eigenvalue weighted by Crippen LogP contribution is -2.35. The van der Waals surface area contributed by atoms with E-state index in [0.717, 1.165) is 42.6 Å². The van der Waals surface area contributed by atoms with Crippen molar-refractivity contribution in [2.24, 2.45) is 0 Å². The molecule has 1 heterocycles. The molecule has 1 amide bonds. The van der Waals surface area contributed by atoms with Crippen LogP contribution in [0.5, 0.6) is 0 Å². The van der Waals surface area contributed by atoms with E-state index in [1.165, 1.54) is 6.42 Å². The minimum atomic E-state index is 0.141. The standard InChI is InChI=1S/C20H19NO/c22-20(21-15-5-2-6-16-21)19-13-11-18(12-14-19)10-9-17-7-3-1-4-8-17/h1,3-4,7-8,11-14H,2,5-6,15-16H2. The van der Waals surface area contributed by atoms with Crippen molar-refractivity contribution in [3.8, 4) is 11.8 Å². The molecule has 0 unspecified atom stereocenters. The second kappa shape index (κ2) is 6.95. The molecule has 1 fully saturated rings. The average molecular weight is 289 g/mol. The van der Waals surface area contributed by atoms with Crippen LogP contribution in [-0.2, 0) is 0 Å². The van der Waals surface area contributed by atoms with Crippen LogP contribution < -0.4 is 0 Å². The molecule has 2 nitrogen and oxygen atoms in total. The number of carbonyl (C=O) groups is 1. The minimum Gasteiger partial charge on any atom is -0.339 e. The van der Waals surface area contributed by atoms with Crippen molar-refractivity contribution in [1.82, 2.24) is 4.90 Å². The second-order valence-electron chi connectivity index (χ2n) is 5.55. The Morgan fingerprint density at radius 2 is 1.36 bits per heavy atom. The fraction of sp³-hybridized carbons (Fsp3) is 0.250. The van der Waals surface area contributed by atoms with Crippen LogP contribution in [0.25, 0.3) is 0 Å². The third-order valence-electron chi connectivity index (χ3n) is 3.90. The van der Waals surface area contributed by atoms with Crippen molar-refractivity contribution >= 4 is 5.91 Å². The van der Waals surface area contributed by atoms with E-state index in [2.05, 4.69) is 11.8 Å². The highest BCUT2D eigenvalue weighted by Gasteiger charge is 2.17. The summed E-state index contributed by atoms with van der Waals surface area (Å²) in [6, 6.07) is 17.5. The quantitative estimate of drug-likeness (QED) is 0.733. The van der Waals surface area contributed by atoms with E-state index in [0.29, 0.717) is 0 Å². The SMILES string of the molecule is O=C(c1ccc(C#Cc2ccccc2)cc1)N1CCCCC1. The summed E-state index contributed by atoms with van der Waals surface area (Å²) in [4.78, 5) is 14.3. The van der Waals surface area contributed by atoms with Gasteiger partial charge >= 0.3 is 0 Å². The fourth-order valence-electron chi connectivity index (χ4n) is 2.64. The Bertz CT molecular complexity index is 686. The van der Waals surface area contributed by atoms with Gasteiger partial charge in [-0.15, -0.1) is 0 Å². The molecule has 2 aromatic rings. The molecule has 1 aliphatic heterocycles. The Kier molecular flexibility index (Phi) is 4.56. The zero-order valence-electron chi connectivity index (χ0n) is 12.6. The number of likely N-dealkylation sites (tertiary alicyclic amines) is 1. The molecule has 2 heteroatoms. The third-order valence-corrected chi connectivity index (χ3v) is 3.90. The molecule has 0 radical (unpaired) electrons. The lowest BCUT2D eigenvalue weighted by molar-refractivity contribution is 0.0724. The molecule has 0 bridgehead atoms. The first-order chi connectivity index (χ1) is 10.8. The predicted octanol–water partition coefficient (Wildman–Crippen LogP) is 3.71. The zero-order chi connectivity index (χ0) is 15.2. The maximum atomic E-state index is 12.4. The van der Waals surface area contributed by atoms with Crippen molar-refractivity contribution in [2.75, 3.05) is 13.1 Å². The van der Waals surface area contributed by atoms with E-state index in [9.17, 15) is 4.79 Å². The molecule has 0 spiro atoms. The summed E-state index contributed by atoms with van der Waals surface area (Å²) in [5.41, 5.74) is 2.68. The van der Waals surface area contributed by atoms with Gasteiger partial charge in [0.2, 0.25) is 0 Å². The smallest absolute Gasteiger partial charge is 0.253 e. The summed E-state index contributed by atoms with van der Waals surface area (Å²) in [6.07, 6.45) is 3.47. The van der Waals surface area contributed by atoms with E-state index in [4.69, 9.17) is 0 Å². The number of nitrogens with zero attached hydrogens (tertiary/aromatic N) is 1. The summed E-state index contributed by atoms with van der Waals surface area (Å²) in [5, 5.41) is 0. The van der Waals surface area contributed by atoms with Crippen LogP contribution in [0.4, 0.5) is 0 Å². The summed E-state index contributed by atoms with van der Waals surface area (Å²) in [7, 11) is 0. The molecule has 0 saturated carbocycles. The number of hydrogen-bond donors (Lipinski definition) is 0. The fourth-order valence-corrected chi connectivity index (χ4v) is 2.64. The Hall–Kier alpha value is -2.53. The summed E-state index contributed by atoms with van der Waals surface area (Å²) < 4.78 is 0. The summed E-state index contributed by atoms with van der Waals surface area (Å²) in [5.74, 6) is 6.40. The lowest BCUT2D eigenvalue weighted by atomic mass is 10.1. The maximum absolute atomic E-state index is 12.4. The Morgan fingerprint density at radius 3 is 2.00 bits per heavy atom. The molecule has 0 N–H and O–H groups in total. The van der Waals surface area contributed by atoms with Crippen LogP contribution >= 0.6 is 0 Å². The molecule has 1 aliphatic rings. The van der Waals surface area contributed by atoms with Crippen LogP contribution in [0.15, 0.2) is 54.6 Å². The Labute approximate surface area is 131 Å². The van der Waals surface area contributed by atoms with Crippen LogP contribution in [0, 0.1) is 11.8 Å². The van der Waals surface area contributed by atoms with Gasteiger partial charge in [-0.3, -0.25) is 4.79 Å². The molecule has 22 heavy (non-hydrogen) atoms. The molecule has 0 atom stereocenters. The summed E-state index contributed by atoms with van der Waals surface area (Å²) >= 11 is 0. The number of benzene rings is 2. The molecular weight excluding hydrogens is 270 g/mol. The van der Waals surface area contributed by atoms with E-state index < -0.39 is 0 Å². The Balaban J connectivity index is 1.70. The van der Waals surface area contributed by atoms with Crippen LogP contribution in [0.2, 0.25) is 0 Å². The topological polar surface area (TPSA) is 20.3 Å². The molecular formula is C20H19NO. The monoisotopic (exact) mass is 289 g/mol. The predicted molar refractivity (Wildman–Crippen MR) is 88.6 cm³/mol. The molecule has 0 aromatic heterocycles. The minimum absolute atomic E-state index is 0.141. The highest BCUT2D eigenvalue weighted by atomic mass is 16.2. The van der Waals surface area contributed by atoms with Gasteiger partial charge in [0.25, 0.3) is 5.91 Å². The van der Waals surface area contributed by atoms with Crippen molar-refractivity contribution in [2.45, 2.75) is 19.3 Å². The average Bonchev–Trinajstić information content (AvgIpc) is 2.61. The number of rotatable bonds is 1. The van der Waals surface area contributed by atoms with E-state index in [-0.39, 0.29) is 5.91 Å². The van der Waals surface area contributed by atoms with Gasteiger partial charge in [0, 0.05) is 29.8 Å². The van der Waals surface area contributed by atoms with Crippen LogP contribution in [0.1, 0.15) is 40.7 Å². The third kappa shape index (κ3) is 3.56. The van der Waals surface area contributed by atoms with Gasteiger partial charge in [-0.2, -0.15) is 0 Å². The first-order valence-corrected chi connectivity index (χ1v) is 7.79. The highest BCUT2D eigenvalue weighted by molar-refractivity contribution is 5.94. The molecule has 0 aliphatic carbocycles. The van der Waals surface area contributed by atoms with Gasteiger partial charge in [0.1, 0.15) is 0 Å². The number of piperidine rings is 1. The molecule has 1 saturated heterocycles. The molecule has 3 rings (SSSR count). The normalized spacial score (nSPS) is 14.1. The zero-order valence-corrected chi connectivity index (χ0v) is 12.6. The van der Waals surface area contributed by atoms with Crippen molar-refractivity contribution in [3.63, 3.8) is 0 Å². The van der Waals surface area contributed by atoms with Gasteiger partial charge in [0.15, 0.2) is 0 Å². The Morgan fingerprint density at radius 1 is 0.773 bits per heavy atom. The van der Waals surface area contributed by atoms with E-state index >= 15 is 0 Å². The number of hydrogen-bond acceptors (Lipinski definition) is 1. The number of amides is 1. The van der Waals surface area contributed by atoms with Gasteiger partial charge in [-0.25, -0.2) is 0 Å². The lowest BCUT2D eigenvalue weighted by Gasteiger charge is -2.26. The number of carbonyl (C=O) groups excluding carboxylic acids is 1. The van der Waals surface area contributed by atoms with E-state index in [1.54, 1.807) is 0 Å². The van der Waals surface area contributed by atoms with Gasteiger partial charge < -0.3 is 4.90 Å². The van der Waals surface area contributed by atoms with Gasteiger partial charge in [0.05, 0.1) is 0 Å². The van der Waals surface area contributed by atoms with E-state index in [1.807, 2.05) is 59.5 Å². The molecule has 2 aromatic carbocycles. The van der Waals surface area contributed by atoms with Crippen LogP contribution in [0.3, 0.4) is 0 Å². The maximum Gasteiger partial charge on any atom is 0.253 e. The first-order valence-electron chi connectivity index (χ1n) is 7.79.